The molecule has 0 amide bonds. The van der Waals surface area contributed by atoms with Gasteiger partial charge in [0.05, 0.1) is 0 Å². The minimum absolute atomic E-state index is 0.00400. The van der Waals surface area contributed by atoms with Crippen LogP contribution in [-0.4, -0.2) is 17.4 Å². The molecule has 22 heavy (non-hydrogen) atoms. The number of carbonyl (C=O) groups excluding carboxylic acids is 1. The summed E-state index contributed by atoms with van der Waals surface area (Å²) in [6.45, 7) is 8.25. The van der Waals surface area contributed by atoms with Crippen LogP contribution in [0.2, 0.25) is 0 Å². The molecular weight excluding hydrogens is 280 g/mol. The molecule has 0 aromatic carbocycles. The predicted molar refractivity (Wildman–Crippen MR) is 84.9 cm³/mol. The maximum atomic E-state index is 11.2. The Bertz CT molecular complexity index is 576. The number of hydrogen-bond donors (Lipinski definition) is 1. The second-order valence-corrected chi connectivity index (χ2v) is 6.57. The largest absolute Gasteiger partial charge is 0.505 e. The monoisotopic (exact) mass is 304 g/mol. The summed E-state index contributed by atoms with van der Waals surface area (Å²) in [5.74, 6) is -0.395. The van der Waals surface area contributed by atoms with Crippen LogP contribution in [0.1, 0.15) is 47.0 Å². The summed E-state index contributed by atoms with van der Waals surface area (Å²) in [5.41, 5.74) is 3.27. The number of rotatable bonds is 4. The SMILES string of the molecule is CC1=CC(O/C=C(O)/C=C/C2=C(C)CCCC2(C)C)OC1=O. The van der Waals surface area contributed by atoms with Crippen LogP contribution >= 0.6 is 0 Å². The molecule has 2 rings (SSSR count). The van der Waals surface area contributed by atoms with Crippen molar-refractivity contribution in [2.24, 2.45) is 5.41 Å². The molecule has 0 aromatic rings. The standard InChI is InChI=1S/C18H24O4/c1-12-6-5-9-18(3,4)15(12)8-7-14(19)11-21-16-10-13(2)17(20)22-16/h7-8,10-11,16,19H,5-6,9H2,1-4H3/b8-7+,14-11-. The summed E-state index contributed by atoms with van der Waals surface area (Å²) in [4.78, 5) is 11.2. The highest BCUT2D eigenvalue weighted by molar-refractivity contribution is 5.89. The number of allylic oxidation sites excluding steroid dienone is 4. The number of cyclic esters (lactones) is 1. The van der Waals surface area contributed by atoms with E-state index in [-0.39, 0.29) is 11.2 Å². The van der Waals surface area contributed by atoms with Gasteiger partial charge in [-0.15, -0.1) is 0 Å². The maximum absolute atomic E-state index is 11.2. The van der Waals surface area contributed by atoms with E-state index in [2.05, 4.69) is 20.8 Å². The minimum Gasteiger partial charge on any atom is -0.505 e. The van der Waals surface area contributed by atoms with Gasteiger partial charge in [0.2, 0.25) is 0 Å². The zero-order valence-electron chi connectivity index (χ0n) is 13.7. The van der Waals surface area contributed by atoms with Gasteiger partial charge in [-0.3, -0.25) is 0 Å². The van der Waals surface area contributed by atoms with Crippen molar-refractivity contribution in [3.8, 4) is 0 Å². The van der Waals surface area contributed by atoms with Crippen LogP contribution in [0.3, 0.4) is 0 Å². The van der Waals surface area contributed by atoms with Crippen molar-refractivity contribution in [3.05, 3.63) is 47.0 Å². The lowest BCUT2D eigenvalue weighted by atomic mass is 9.72. The third kappa shape index (κ3) is 3.81. The molecule has 0 fully saturated rings. The molecule has 0 bridgehead atoms. The van der Waals surface area contributed by atoms with Crippen molar-refractivity contribution in [3.63, 3.8) is 0 Å². The van der Waals surface area contributed by atoms with E-state index in [1.54, 1.807) is 19.1 Å². The zero-order chi connectivity index (χ0) is 16.3. The first-order valence-electron chi connectivity index (χ1n) is 7.62. The molecule has 1 heterocycles. The highest BCUT2D eigenvalue weighted by atomic mass is 16.7. The van der Waals surface area contributed by atoms with Crippen LogP contribution in [0.4, 0.5) is 0 Å². The third-order valence-electron chi connectivity index (χ3n) is 4.22. The van der Waals surface area contributed by atoms with Crippen molar-refractivity contribution in [1.82, 2.24) is 0 Å². The highest BCUT2D eigenvalue weighted by Crippen LogP contribution is 2.40. The predicted octanol–water partition coefficient (Wildman–Crippen LogP) is 4.31. The molecule has 1 unspecified atom stereocenters. The Morgan fingerprint density at radius 2 is 2.18 bits per heavy atom. The second kappa shape index (κ2) is 6.42. The molecule has 0 aromatic heterocycles. The van der Waals surface area contributed by atoms with Crippen molar-refractivity contribution < 1.29 is 19.4 Å². The fourth-order valence-corrected chi connectivity index (χ4v) is 2.93. The fraction of sp³-hybridized carbons (Fsp3) is 0.500. The number of esters is 1. The van der Waals surface area contributed by atoms with Gasteiger partial charge in [-0.1, -0.05) is 25.5 Å². The molecule has 0 saturated carbocycles. The van der Waals surface area contributed by atoms with Crippen LogP contribution in [0, 0.1) is 5.41 Å². The number of aliphatic hydroxyl groups is 1. The summed E-state index contributed by atoms with van der Waals surface area (Å²) >= 11 is 0. The van der Waals surface area contributed by atoms with E-state index in [9.17, 15) is 9.90 Å². The smallest absolute Gasteiger partial charge is 0.336 e. The Labute approximate surface area is 131 Å². The summed E-state index contributed by atoms with van der Waals surface area (Å²) in [5, 5.41) is 9.89. The van der Waals surface area contributed by atoms with E-state index >= 15 is 0 Å². The van der Waals surface area contributed by atoms with Gasteiger partial charge in [-0.25, -0.2) is 4.79 Å². The third-order valence-corrected chi connectivity index (χ3v) is 4.22. The number of carbonyl (C=O) groups is 1. The summed E-state index contributed by atoms with van der Waals surface area (Å²) in [6.07, 6.45) is 9.06. The first kappa shape index (κ1) is 16.4. The van der Waals surface area contributed by atoms with Crippen LogP contribution in [0.15, 0.2) is 47.0 Å². The van der Waals surface area contributed by atoms with Crippen molar-refractivity contribution in [2.45, 2.75) is 53.2 Å². The van der Waals surface area contributed by atoms with Crippen molar-refractivity contribution >= 4 is 5.97 Å². The van der Waals surface area contributed by atoms with Gasteiger partial charge in [-0.2, -0.15) is 0 Å². The topological polar surface area (TPSA) is 55.8 Å². The quantitative estimate of drug-likeness (QED) is 0.477. The van der Waals surface area contributed by atoms with E-state index < -0.39 is 12.3 Å². The maximum Gasteiger partial charge on any atom is 0.336 e. The van der Waals surface area contributed by atoms with Crippen LogP contribution < -0.4 is 0 Å². The Balaban J connectivity index is 2.00. The summed E-state index contributed by atoms with van der Waals surface area (Å²) in [6, 6.07) is 0. The van der Waals surface area contributed by atoms with Crippen LogP contribution in [0.25, 0.3) is 0 Å². The lowest BCUT2D eigenvalue weighted by Gasteiger charge is -2.32. The summed E-state index contributed by atoms with van der Waals surface area (Å²) < 4.78 is 10.2. The zero-order valence-corrected chi connectivity index (χ0v) is 13.7. The molecule has 0 radical (unpaired) electrons. The first-order valence-corrected chi connectivity index (χ1v) is 7.62. The van der Waals surface area contributed by atoms with E-state index in [0.29, 0.717) is 5.57 Å². The summed E-state index contributed by atoms with van der Waals surface area (Å²) in [7, 11) is 0. The van der Waals surface area contributed by atoms with Crippen LogP contribution in [0.5, 0.6) is 0 Å². The van der Waals surface area contributed by atoms with E-state index in [0.717, 1.165) is 12.8 Å². The molecule has 1 N–H and O–H groups in total. The lowest BCUT2D eigenvalue weighted by molar-refractivity contribution is -0.152. The number of aliphatic hydroxyl groups excluding tert-OH is 1. The van der Waals surface area contributed by atoms with Crippen LogP contribution in [-0.2, 0) is 14.3 Å². The van der Waals surface area contributed by atoms with Gasteiger partial charge in [0, 0.05) is 11.6 Å². The molecular formula is C18H24O4. The normalized spacial score (nSPS) is 25.5. The van der Waals surface area contributed by atoms with E-state index in [1.165, 1.54) is 23.8 Å². The van der Waals surface area contributed by atoms with E-state index in [1.807, 2.05) is 6.08 Å². The molecule has 0 spiro atoms. The minimum atomic E-state index is -0.755. The first-order chi connectivity index (χ1) is 10.3. The van der Waals surface area contributed by atoms with E-state index in [4.69, 9.17) is 9.47 Å². The average molecular weight is 304 g/mol. The van der Waals surface area contributed by atoms with Crippen molar-refractivity contribution in [2.75, 3.05) is 0 Å². The molecule has 0 saturated heterocycles. The van der Waals surface area contributed by atoms with Gasteiger partial charge in [0.1, 0.15) is 12.0 Å². The Hall–Kier alpha value is -1.97. The fourth-order valence-electron chi connectivity index (χ4n) is 2.93. The molecule has 1 aliphatic heterocycles. The Morgan fingerprint density at radius 1 is 1.45 bits per heavy atom. The van der Waals surface area contributed by atoms with Gasteiger partial charge in [-0.05, 0) is 50.2 Å². The molecule has 4 nitrogen and oxygen atoms in total. The molecule has 2 aliphatic rings. The van der Waals surface area contributed by atoms with Crippen molar-refractivity contribution in [1.29, 1.82) is 0 Å². The molecule has 120 valence electrons. The Kier molecular flexibility index (Phi) is 4.79. The Morgan fingerprint density at radius 3 is 2.77 bits per heavy atom. The lowest BCUT2D eigenvalue weighted by Crippen LogP contribution is -2.19. The second-order valence-electron chi connectivity index (χ2n) is 6.57. The van der Waals surface area contributed by atoms with Gasteiger partial charge in [0.15, 0.2) is 0 Å². The molecule has 4 heteroatoms. The van der Waals surface area contributed by atoms with Gasteiger partial charge in [0.25, 0.3) is 6.29 Å². The van der Waals surface area contributed by atoms with Gasteiger partial charge < -0.3 is 14.6 Å². The average Bonchev–Trinajstić information content (AvgIpc) is 2.74. The highest BCUT2D eigenvalue weighted by Gasteiger charge is 2.26. The number of ether oxygens (including phenoxy) is 2. The number of hydrogen-bond acceptors (Lipinski definition) is 4. The molecule has 1 atom stereocenters. The molecule has 1 aliphatic carbocycles. The van der Waals surface area contributed by atoms with Gasteiger partial charge >= 0.3 is 5.97 Å².